The van der Waals surface area contributed by atoms with Crippen LogP contribution < -0.4 is 15.4 Å². The Balaban J connectivity index is 0.00000220. The second-order valence-corrected chi connectivity index (χ2v) is 4.85. The number of rotatable bonds is 7. The van der Waals surface area contributed by atoms with Crippen LogP contribution in [-0.4, -0.2) is 45.9 Å². The number of amides is 1. The molecule has 1 aliphatic heterocycles. The van der Waals surface area contributed by atoms with Crippen molar-refractivity contribution in [3.8, 4) is 5.75 Å². The number of fused-ring (bicyclic) bond motifs is 1. The number of benzene rings is 1. The highest BCUT2D eigenvalue weighted by Crippen LogP contribution is 2.32. The summed E-state index contributed by atoms with van der Waals surface area (Å²) in [7, 11) is 1.64. The molecule has 1 aromatic rings. The average Bonchev–Trinajstić information content (AvgIpc) is 2.49. The number of carbonyl (C=O) groups excluding carboxylic acids is 1. The van der Waals surface area contributed by atoms with Crippen LogP contribution in [0.4, 0.5) is 0 Å². The predicted molar refractivity (Wildman–Crippen MR) is 84.3 cm³/mol. The van der Waals surface area contributed by atoms with Gasteiger partial charge in [0.05, 0.1) is 19.8 Å². The summed E-state index contributed by atoms with van der Waals surface area (Å²) in [6.45, 7) is 2.99. The van der Waals surface area contributed by atoms with Crippen molar-refractivity contribution in [1.82, 2.24) is 10.6 Å². The van der Waals surface area contributed by atoms with Gasteiger partial charge in [-0.15, -0.1) is 12.4 Å². The van der Waals surface area contributed by atoms with Crippen LogP contribution in [0.2, 0.25) is 0 Å². The van der Waals surface area contributed by atoms with Crippen LogP contribution in [0.15, 0.2) is 24.3 Å². The number of ether oxygens (including phenoxy) is 2. The van der Waals surface area contributed by atoms with Gasteiger partial charge in [0, 0.05) is 26.1 Å². The van der Waals surface area contributed by atoms with Crippen LogP contribution in [0.1, 0.15) is 17.9 Å². The van der Waals surface area contributed by atoms with Crippen LogP contribution in [-0.2, 0) is 9.53 Å². The van der Waals surface area contributed by atoms with E-state index in [4.69, 9.17) is 9.47 Å². The number of hydrogen-bond donors (Lipinski definition) is 2. The predicted octanol–water partition coefficient (Wildman–Crippen LogP) is 1.33. The minimum atomic E-state index is 0. The van der Waals surface area contributed by atoms with E-state index in [0.717, 1.165) is 12.2 Å². The van der Waals surface area contributed by atoms with E-state index in [1.54, 1.807) is 7.11 Å². The molecule has 5 nitrogen and oxygen atoms in total. The Labute approximate surface area is 131 Å². The van der Waals surface area contributed by atoms with Gasteiger partial charge in [-0.25, -0.2) is 0 Å². The Morgan fingerprint density at radius 3 is 3.05 bits per heavy atom. The summed E-state index contributed by atoms with van der Waals surface area (Å²) in [5.41, 5.74) is 1.19. The maximum absolute atomic E-state index is 11.7. The molecule has 0 bridgehead atoms. The van der Waals surface area contributed by atoms with E-state index >= 15 is 0 Å². The number of carbonyl (C=O) groups is 1. The summed E-state index contributed by atoms with van der Waals surface area (Å²) in [5.74, 6) is 1.30. The van der Waals surface area contributed by atoms with Gasteiger partial charge in [-0.05, 0) is 18.1 Å². The first-order chi connectivity index (χ1) is 9.81. The summed E-state index contributed by atoms with van der Waals surface area (Å²) >= 11 is 0. The molecule has 0 spiro atoms. The highest BCUT2D eigenvalue weighted by molar-refractivity contribution is 5.85. The number of methoxy groups -OCH3 is 1. The molecule has 1 aromatic carbocycles. The second-order valence-electron chi connectivity index (χ2n) is 4.85. The fraction of sp³-hybridized carbons (Fsp3) is 0.533. The molecule has 0 saturated heterocycles. The van der Waals surface area contributed by atoms with Crippen molar-refractivity contribution in [3.05, 3.63) is 29.8 Å². The van der Waals surface area contributed by atoms with E-state index in [2.05, 4.69) is 16.7 Å². The van der Waals surface area contributed by atoms with Gasteiger partial charge in [0.25, 0.3) is 0 Å². The quantitative estimate of drug-likeness (QED) is 0.745. The zero-order valence-corrected chi connectivity index (χ0v) is 13.1. The van der Waals surface area contributed by atoms with Crippen LogP contribution >= 0.6 is 12.4 Å². The molecule has 6 heteroatoms. The molecule has 118 valence electrons. The van der Waals surface area contributed by atoms with Crippen LogP contribution in [0.25, 0.3) is 0 Å². The minimum absolute atomic E-state index is 0. The van der Waals surface area contributed by atoms with Crippen molar-refractivity contribution < 1.29 is 14.3 Å². The Hall–Kier alpha value is -1.30. The fourth-order valence-electron chi connectivity index (χ4n) is 2.30. The third kappa shape index (κ3) is 5.53. The van der Waals surface area contributed by atoms with Crippen LogP contribution in [0.5, 0.6) is 5.75 Å². The fourth-order valence-corrected chi connectivity index (χ4v) is 2.30. The lowest BCUT2D eigenvalue weighted by molar-refractivity contribution is -0.120. The molecular formula is C15H23ClN2O3. The third-order valence-electron chi connectivity index (χ3n) is 3.40. The molecule has 2 N–H and O–H groups in total. The number of nitrogens with one attached hydrogen (secondary N) is 2. The maximum Gasteiger partial charge on any atom is 0.233 e. The largest absolute Gasteiger partial charge is 0.493 e. The molecule has 21 heavy (non-hydrogen) atoms. The van der Waals surface area contributed by atoms with Gasteiger partial charge in [0.15, 0.2) is 0 Å². The molecule has 1 atom stereocenters. The number of halogens is 1. The van der Waals surface area contributed by atoms with Crippen molar-refractivity contribution in [2.24, 2.45) is 0 Å². The van der Waals surface area contributed by atoms with Crippen LogP contribution in [0.3, 0.4) is 0 Å². The lowest BCUT2D eigenvalue weighted by Gasteiger charge is -2.26. The minimum Gasteiger partial charge on any atom is -0.493 e. The second kappa shape index (κ2) is 9.60. The summed E-state index contributed by atoms with van der Waals surface area (Å²) in [4.78, 5) is 11.7. The van der Waals surface area contributed by atoms with Crippen molar-refractivity contribution in [2.45, 2.75) is 12.3 Å². The standard InChI is InChI=1S/C15H22N2O3.ClH/c1-19-9-7-16-11-15(18)17-10-12-6-8-20-14-5-3-2-4-13(12)14;/h2-5,12,16H,6-11H2,1H3,(H,17,18);1H. The van der Waals surface area contributed by atoms with Crippen molar-refractivity contribution in [1.29, 1.82) is 0 Å². The van der Waals surface area contributed by atoms with Crippen molar-refractivity contribution in [3.63, 3.8) is 0 Å². The molecule has 0 aliphatic carbocycles. The molecule has 2 rings (SSSR count). The van der Waals surface area contributed by atoms with Gasteiger partial charge in [-0.2, -0.15) is 0 Å². The molecule has 1 aliphatic rings. The van der Waals surface area contributed by atoms with E-state index in [0.29, 0.717) is 38.8 Å². The SMILES string of the molecule is COCCNCC(=O)NCC1CCOc2ccccc21.Cl. The van der Waals surface area contributed by atoms with Crippen molar-refractivity contribution >= 4 is 18.3 Å². The number of hydrogen-bond acceptors (Lipinski definition) is 4. The molecule has 1 amide bonds. The Bertz CT molecular complexity index is 443. The van der Waals surface area contributed by atoms with Crippen LogP contribution in [0, 0.1) is 0 Å². The Morgan fingerprint density at radius 1 is 1.43 bits per heavy atom. The molecule has 0 aromatic heterocycles. The lowest BCUT2D eigenvalue weighted by atomic mass is 9.93. The van der Waals surface area contributed by atoms with E-state index in [1.165, 1.54) is 5.56 Å². The summed E-state index contributed by atoms with van der Waals surface area (Å²) in [6, 6.07) is 8.03. The highest BCUT2D eigenvalue weighted by atomic mass is 35.5. The van der Waals surface area contributed by atoms with E-state index in [-0.39, 0.29) is 18.3 Å². The molecule has 0 saturated carbocycles. The zero-order chi connectivity index (χ0) is 14.2. The third-order valence-corrected chi connectivity index (χ3v) is 3.40. The highest BCUT2D eigenvalue weighted by Gasteiger charge is 2.21. The molecule has 0 radical (unpaired) electrons. The van der Waals surface area contributed by atoms with Gasteiger partial charge in [0.1, 0.15) is 5.75 Å². The molecule has 1 unspecified atom stereocenters. The van der Waals surface area contributed by atoms with Gasteiger partial charge < -0.3 is 20.1 Å². The summed E-state index contributed by atoms with van der Waals surface area (Å²) in [6.07, 6.45) is 0.939. The smallest absolute Gasteiger partial charge is 0.233 e. The lowest BCUT2D eigenvalue weighted by Crippen LogP contribution is -2.37. The Kier molecular flexibility index (Phi) is 8.12. The van der Waals surface area contributed by atoms with E-state index in [9.17, 15) is 4.79 Å². The van der Waals surface area contributed by atoms with Gasteiger partial charge >= 0.3 is 0 Å². The molecule has 1 heterocycles. The van der Waals surface area contributed by atoms with Crippen molar-refractivity contribution in [2.75, 3.05) is 40.0 Å². The molecular weight excluding hydrogens is 292 g/mol. The molecule has 0 fully saturated rings. The first kappa shape index (κ1) is 17.8. The monoisotopic (exact) mass is 314 g/mol. The summed E-state index contributed by atoms with van der Waals surface area (Å²) < 4.78 is 10.5. The van der Waals surface area contributed by atoms with E-state index < -0.39 is 0 Å². The first-order valence-electron chi connectivity index (χ1n) is 6.99. The average molecular weight is 315 g/mol. The summed E-state index contributed by atoms with van der Waals surface area (Å²) in [5, 5.41) is 6.00. The maximum atomic E-state index is 11.7. The van der Waals surface area contributed by atoms with Gasteiger partial charge in [0.2, 0.25) is 5.91 Å². The Morgan fingerprint density at radius 2 is 2.24 bits per heavy atom. The normalized spacial score (nSPS) is 16.3. The zero-order valence-electron chi connectivity index (χ0n) is 12.3. The van der Waals surface area contributed by atoms with Gasteiger partial charge in [-0.3, -0.25) is 4.79 Å². The topological polar surface area (TPSA) is 59.6 Å². The number of para-hydroxylation sites is 1. The van der Waals surface area contributed by atoms with Gasteiger partial charge in [-0.1, -0.05) is 18.2 Å². The first-order valence-corrected chi connectivity index (χ1v) is 6.99. The van der Waals surface area contributed by atoms with E-state index in [1.807, 2.05) is 18.2 Å².